The molecule has 0 fully saturated rings. The maximum Gasteiger partial charge on any atom is 0.328 e. The molecule has 0 atom stereocenters. The van der Waals surface area contributed by atoms with E-state index in [0.29, 0.717) is 11.3 Å². The Kier molecular flexibility index (Phi) is 3.12. The molecule has 0 aromatic heterocycles. The highest BCUT2D eigenvalue weighted by Gasteiger charge is 1.94. The van der Waals surface area contributed by atoms with Crippen molar-refractivity contribution < 1.29 is 19.7 Å². The van der Waals surface area contributed by atoms with Crippen molar-refractivity contribution in [2.45, 2.75) is 0 Å². The predicted octanol–water partition coefficient (Wildman–Crippen LogP) is 0.867. The van der Waals surface area contributed by atoms with E-state index in [0.717, 1.165) is 6.08 Å². The summed E-state index contributed by atoms with van der Waals surface area (Å²) in [5.41, 5.74) is 0.327. The van der Waals surface area contributed by atoms with Gasteiger partial charge in [-0.3, -0.25) is 0 Å². The molecule has 0 heterocycles. The summed E-state index contributed by atoms with van der Waals surface area (Å²) in [6.07, 6.45) is 2.17. The summed E-state index contributed by atoms with van der Waals surface area (Å²) in [6, 6.07) is 4.42. The van der Waals surface area contributed by atoms with E-state index < -0.39 is 5.97 Å². The quantitative estimate of drug-likeness (QED) is 0.723. The number of carboxylic acids is 1. The number of methoxy groups -OCH3 is 1. The summed E-state index contributed by atoms with van der Waals surface area (Å²) < 4.78 is 4.84. The maximum atomic E-state index is 11.3. The minimum absolute atomic E-state index is 0.262. The molecule has 4 heteroatoms. The van der Waals surface area contributed by atoms with Crippen molar-refractivity contribution in [3.63, 3.8) is 0 Å². The Morgan fingerprint density at radius 2 is 2.29 bits per heavy atom. The number of aliphatic carboxylic acids is 1. The van der Waals surface area contributed by atoms with Gasteiger partial charge in [0, 0.05) is 6.08 Å². The number of carbonyl (C=O) groups is 1. The second-order valence-corrected chi connectivity index (χ2v) is 2.58. The third kappa shape index (κ3) is 2.52. The molecule has 1 aromatic rings. The van der Waals surface area contributed by atoms with E-state index in [-0.39, 0.29) is 5.75 Å². The first-order chi connectivity index (χ1) is 6.63. The van der Waals surface area contributed by atoms with Gasteiger partial charge in [0.25, 0.3) is 0 Å². The Labute approximate surface area is 81.1 Å². The van der Waals surface area contributed by atoms with Gasteiger partial charge in [-0.15, -0.1) is 0 Å². The fourth-order valence-electron chi connectivity index (χ4n) is 0.940. The van der Waals surface area contributed by atoms with E-state index in [2.05, 4.69) is 0 Å². The molecule has 0 aliphatic rings. The summed E-state index contributed by atoms with van der Waals surface area (Å²) in [7, 11) is 1.46. The zero-order valence-corrected chi connectivity index (χ0v) is 7.56. The van der Waals surface area contributed by atoms with E-state index in [1.807, 2.05) is 0 Å². The Morgan fingerprint density at radius 1 is 1.57 bits per heavy atom. The molecule has 0 aliphatic heterocycles. The molecule has 1 rings (SSSR count). The molecule has 0 aliphatic carbocycles. The average molecular weight is 193 g/mol. The molecule has 0 radical (unpaired) electrons. The standard InChI is InChI=1S/C10H10O4/c1-14-8-4-2-7(9(11)6-8)3-5-10(12)13/h2-6,11H,1H3,(H,12,13)/p-1/b5-3+. The van der Waals surface area contributed by atoms with Crippen LogP contribution in [0.2, 0.25) is 0 Å². The van der Waals surface area contributed by atoms with Crippen LogP contribution < -0.4 is 9.84 Å². The number of hydrogen-bond donors (Lipinski definition) is 1. The van der Waals surface area contributed by atoms with Crippen LogP contribution >= 0.6 is 0 Å². The number of rotatable bonds is 3. The Hall–Kier alpha value is -1.97. The van der Waals surface area contributed by atoms with Crippen LogP contribution in [0.15, 0.2) is 24.3 Å². The zero-order chi connectivity index (χ0) is 10.6. The van der Waals surface area contributed by atoms with Crippen molar-refractivity contribution in [1.82, 2.24) is 0 Å². The van der Waals surface area contributed by atoms with Crippen LogP contribution in [-0.2, 0) is 4.79 Å². The molecule has 4 nitrogen and oxygen atoms in total. The molecule has 0 saturated carbocycles. The van der Waals surface area contributed by atoms with Crippen molar-refractivity contribution in [1.29, 1.82) is 0 Å². The van der Waals surface area contributed by atoms with Gasteiger partial charge in [0.15, 0.2) is 0 Å². The number of benzene rings is 1. The molecule has 0 bridgehead atoms. The normalized spacial score (nSPS) is 10.4. The zero-order valence-electron chi connectivity index (χ0n) is 7.56. The van der Waals surface area contributed by atoms with E-state index in [9.17, 15) is 9.90 Å². The monoisotopic (exact) mass is 193 g/mol. The molecule has 0 unspecified atom stereocenters. The lowest BCUT2D eigenvalue weighted by molar-refractivity contribution is -0.268. The predicted molar refractivity (Wildman–Crippen MR) is 49.1 cm³/mol. The summed E-state index contributed by atoms with van der Waals surface area (Å²) >= 11 is 0. The lowest BCUT2D eigenvalue weighted by atomic mass is 10.2. The van der Waals surface area contributed by atoms with Crippen LogP contribution in [0.25, 0.3) is 6.08 Å². The van der Waals surface area contributed by atoms with Gasteiger partial charge in [-0.05, 0) is 23.8 Å². The molecular formula is C10H9O4-. The summed E-state index contributed by atoms with van der Waals surface area (Å²) in [5, 5.41) is 19.6. The smallest absolute Gasteiger partial charge is 0.328 e. The molecule has 0 amide bonds. The Morgan fingerprint density at radius 3 is 2.79 bits per heavy atom. The van der Waals surface area contributed by atoms with E-state index >= 15 is 0 Å². The van der Waals surface area contributed by atoms with Gasteiger partial charge in [0.2, 0.25) is 0 Å². The summed E-state index contributed by atoms with van der Waals surface area (Å²) in [6.45, 7) is 0. The van der Waals surface area contributed by atoms with Gasteiger partial charge in [-0.2, -0.15) is 0 Å². The van der Waals surface area contributed by atoms with Gasteiger partial charge in [0.1, 0.15) is 5.75 Å². The molecule has 0 spiro atoms. The van der Waals surface area contributed by atoms with E-state index in [1.165, 1.54) is 25.3 Å². The van der Waals surface area contributed by atoms with Gasteiger partial charge >= 0.3 is 5.97 Å². The maximum absolute atomic E-state index is 11.3. The Bertz CT molecular complexity index is 368. The average Bonchev–Trinajstić information content (AvgIpc) is 2.15. The highest BCUT2D eigenvalue weighted by Crippen LogP contribution is 2.21. The first-order valence-corrected chi connectivity index (χ1v) is 3.89. The highest BCUT2D eigenvalue weighted by atomic mass is 16.5. The molecule has 74 valence electrons. The van der Waals surface area contributed by atoms with Crippen LogP contribution in [0.3, 0.4) is 0 Å². The molecule has 1 N–H and O–H groups in total. The van der Waals surface area contributed by atoms with Gasteiger partial charge in [-0.25, -0.2) is 4.79 Å². The topological polar surface area (TPSA) is 69.6 Å². The largest absolute Gasteiger partial charge is 0.872 e. The van der Waals surface area contributed by atoms with E-state index in [4.69, 9.17) is 9.84 Å². The molecule has 1 aromatic carbocycles. The summed E-state index contributed by atoms with van der Waals surface area (Å²) in [5.74, 6) is -0.885. The van der Waals surface area contributed by atoms with Crippen LogP contribution in [0.5, 0.6) is 11.5 Å². The summed E-state index contributed by atoms with van der Waals surface area (Å²) in [4.78, 5) is 10.2. The van der Waals surface area contributed by atoms with E-state index in [1.54, 1.807) is 6.07 Å². The van der Waals surface area contributed by atoms with Crippen molar-refractivity contribution in [3.8, 4) is 11.5 Å². The fourth-order valence-corrected chi connectivity index (χ4v) is 0.940. The molecule has 0 saturated heterocycles. The Balaban J connectivity index is 2.94. The van der Waals surface area contributed by atoms with Crippen molar-refractivity contribution in [2.75, 3.05) is 7.11 Å². The van der Waals surface area contributed by atoms with Gasteiger partial charge < -0.3 is 14.9 Å². The molecule has 14 heavy (non-hydrogen) atoms. The SMILES string of the molecule is COc1ccc(/C=C/C(=O)O)c([O-])c1. The van der Waals surface area contributed by atoms with Crippen molar-refractivity contribution in [2.24, 2.45) is 0 Å². The number of carboxylic acid groups (broad SMARTS) is 1. The van der Waals surface area contributed by atoms with Crippen LogP contribution in [-0.4, -0.2) is 18.2 Å². The first-order valence-electron chi connectivity index (χ1n) is 3.89. The van der Waals surface area contributed by atoms with Gasteiger partial charge in [0.05, 0.1) is 7.11 Å². The first kappa shape index (κ1) is 10.1. The number of hydrogen-bond acceptors (Lipinski definition) is 3. The lowest BCUT2D eigenvalue weighted by Gasteiger charge is -2.11. The second-order valence-electron chi connectivity index (χ2n) is 2.58. The second kappa shape index (κ2) is 4.32. The highest BCUT2D eigenvalue weighted by molar-refractivity contribution is 5.85. The minimum atomic E-state index is -1.08. The third-order valence-corrected chi connectivity index (χ3v) is 1.63. The minimum Gasteiger partial charge on any atom is -0.872 e. The van der Waals surface area contributed by atoms with Crippen LogP contribution in [0.4, 0.5) is 0 Å². The fraction of sp³-hybridized carbons (Fsp3) is 0.100. The van der Waals surface area contributed by atoms with Crippen molar-refractivity contribution >= 4 is 12.0 Å². The lowest BCUT2D eigenvalue weighted by Crippen LogP contribution is -1.95. The molecular weight excluding hydrogens is 184 g/mol. The van der Waals surface area contributed by atoms with Crippen LogP contribution in [0, 0.1) is 0 Å². The third-order valence-electron chi connectivity index (χ3n) is 1.63. The van der Waals surface area contributed by atoms with Crippen LogP contribution in [0.1, 0.15) is 5.56 Å². The number of ether oxygens (including phenoxy) is 1. The van der Waals surface area contributed by atoms with Crippen molar-refractivity contribution in [3.05, 3.63) is 29.8 Å². The van der Waals surface area contributed by atoms with Gasteiger partial charge in [-0.1, -0.05) is 11.8 Å².